The molecule has 0 aliphatic heterocycles. The van der Waals surface area contributed by atoms with Crippen molar-refractivity contribution in [2.45, 2.75) is 84.1 Å². The monoisotopic (exact) mass is 511 g/mol. The minimum atomic E-state index is -3.63. The Kier molecular flexibility index (Phi) is 14.6. The average Bonchev–Trinajstić information content (AvgIpc) is 2.82. The fourth-order valence-corrected chi connectivity index (χ4v) is 6.00. The number of hydrogen-bond donors (Lipinski definition) is 2. The smallest absolute Gasteiger partial charge is 0.408 e. The molecule has 0 radical (unpaired) electrons. The van der Waals surface area contributed by atoms with Gasteiger partial charge in [0.2, 0.25) is 5.91 Å². The number of nitrogens with one attached hydrogen (secondary N) is 1. The first-order valence-electron chi connectivity index (χ1n) is 12.8. The van der Waals surface area contributed by atoms with Gasteiger partial charge in [-0.1, -0.05) is 70.9 Å². The van der Waals surface area contributed by atoms with Crippen LogP contribution in [-0.2, 0) is 26.0 Å². The van der Waals surface area contributed by atoms with Crippen LogP contribution < -0.4 is 11.1 Å². The van der Waals surface area contributed by atoms with Gasteiger partial charge in [-0.25, -0.2) is 13.2 Å². The van der Waals surface area contributed by atoms with Crippen molar-refractivity contribution >= 4 is 21.8 Å². The SMILES string of the molecule is CCCC(CCC)S(=O)(=O)C[C@@H](NC(=O)OCc1ccccc1)C(=O)N(CCCN)CCC(C)C. The summed E-state index contributed by atoms with van der Waals surface area (Å²) in [4.78, 5) is 27.8. The predicted octanol–water partition coefficient (Wildman–Crippen LogP) is 3.89. The van der Waals surface area contributed by atoms with Gasteiger partial charge in [0.05, 0.1) is 11.0 Å². The van der Waals surface area contributed by atoms with Gasteiger partial charge >= 0.3 is 6.09 Å². The van der Waals surface area contributed by atoms with Crippen molar-refractivity contribution in [2.75, 3.05) is 25.4 Å². The first-order chi connectivity index (χ1) is 16.6. The average molecular weight is 512 g/mol. The Morgan fingerprint density at radius 3 is 2.20 bits per heavy atom. The normalized spacial score (nSPS) is 12.5. The molecule has 0 aliphatic carbocycles. The summed E-state index contributed by atoms with van der Waals surface area (Å²) in [6, 6.07) is 7.95. The second-order valence-electron chi connectivity index (χ2n) is 9.44. The molecule has 8 nitrogen and oxygen atoms in total. The van der Waals surface area contributed by atoms with Crippen LogP contribution in [0.25, 0.3) is 0 Å². The molecular formula is C26H45N3O5S. The lowest BCUT2D eigenvalue weighted by molar-refractivity contribution is -0.133. The van der Waals surface area contributed by atoms with E-state index in [0.717, 1.165) is 24.8 Å². The van der Waals surface area contributed by atoms with E-state index in [1.807, 2.05) is 44.2 Å². The van der Waals surface area contributed by atoms with Crippen LogP contribution in [0.1, 0.15) is 71.8 Å². The molecule has 0 heterocycles. The first kappa shape index (κ1) is 30.9. The molecule has 0 saturated carbocycles. The number of amides is 2. The molecule has 1 rings (SSSR count). The molecule has 0 spiro atoms. The van der Waals surface area contributed by atoms with E-state index in [0.29, 0.717) is 44.8 Å². The number of alkyl carbamates (subject to hydrolysis) is 1. The number of benzene rings is 1. The summed E-state index contributed by atoms with van der Waals surface area (Å²) in [5, 5.41) is 2.03. The number of ether oxygens (including phenoxy) is 1. The van der Waals surface area contributed by atoms with E-state index in [9.17, 15) is 18.0 Å². The van der Waals surface area contributed by atoms with Crippen molar-refractivity contribution in [1.82, 2.24) is 10.2 Å². The maximum Gasteiger partial charge on any atom is 0.408 e. The molecular weight excluding hydrogens is 466 g/mol. The standard InChI is InChI=1S/C26H45N3O5S/c1-5-11-23(12-6-2)35(32,33)20-24(25(30)29(17-10-16-27)18-15-21(3)4)28-26(31)34-19-22-13-8-7-9-14-22/h7-9,13-14,21,23-24H,5-6,10-12,15-20,27H2,1-4H3,(H,28,31)/t24-/m1/s1. The second kappa shape index (κ2) is 16.5. The lowest BCUT2D eigenvalue weighted by Gasteiger charge is -2.29. The molecule has 200 valence electrons. The van der Waals surface area contributed by atoms with Crippen molar-refractivity contribution in [3.05, 3.63) is 35.9 Å². The Bertz CT molecular complexity index is 840. The molecule has 1 atom stereocenters. The summed E-state index contributed by atoms with van der Waals surface area (Å²) in [5.41, 5.74) is 6.47. The molecule has 3 N–H and O–H groups in total. The minimum absolute atomic E-state index is 0.0267. The van der Waals surface area contributed by atoms with Gasteiger partial charge < -0.3 is 20.7 Å². The van der Waals surface area contributed by atoms with Crippen molar-refractivity contribution in [1.29, 1.82) is 0 Å². The Hall–Kier alpha value is -2.13. The van der Waals surface area contributed by atoms with Crippen LogP contribution in [0, 0.1) is 5.92 Å². The highest BCUT2D eigenvalue weighted by molar-refractivity contribution is 7.92. The van der Waals surface area contributed by atoms with Gasteiger partial charge in [-0.15, -0.1) is 0 Å². The van der Waals surface area contributed by atoms with Gasteiger partial charge in [0.25, 0.3) is 0 Å². The molecule has 9 heteroatoms. The van der Waals surface area contributed by atoms with E-state index in [1.54, 1.807) is 4.90 Å². The number of nitrogens with two attached hydrogens (primary N) is 1. The van der Waals surface area contributed by atoms with Crippen LogP contribution in [0.3, 0.4) is 0 Å². The van der Waals surface area contributed by atoms with E-state index in [4.69, 9.17) is 10.5 Å². The fourth-order valence-electron chi connectivity index (χ4n) is 3.85. The maximum atomic E-state index is 13.5. The zero-order valence-corrected chi connectivity index (χ0v) is 22.7. The molecule has 0 bridgehead atoms. The second-order valence-corrected chi connectivity index (χ2v) is 11.8. The van der Waals surface area contributed by atoms with Gasteiger partial charge in [-0.3, -0.25) is 4.79 Å². The van der Waals surface area contributed by atoms with E-state index in [1.165, 1.54) is 0 Å². The predicted molar refractivity (Wildman–Crippen MR) is 141 cm³/mol. The lowest BCUT2D eigenvalue weighted by Crippen LogP contribution is -2.53. The molecule has 0 aromatic heterocycles. The third-order valence-electron chi connectivity index (χ3n) is 5.85. The number of carbonyl (C=O) groups is 2. The molecule has 1 aromatic rings. The van der Waals surface area contributed by atoms with Crippen LogP contribution >= 0.6 is 0 Å². The Labute approximate surface area is 211 Å². The summed E-state index contributed by atoms with van der Waals surface area (Å²) >= 11 is 0. The number of rotatable bonds is 17. The van der Waals surface area contributed by atoms with E-state index < -0.39 is 38.9 Å². The van der Waals surface area contributed by atoms with Crippen LogP contribution in [0.5, 0.6) is 0 Å². The Morgan fingerprint density at radius 2 is 1.66 bits per heavy atom. The van der Waals surface area contributed by atoms with Gasteiger partial charge in [-0.05, 0) is 43.7 Å². The van der Waals surface area contributed by atoms with Crippen molar-refractivity contribution in [2.24, 2.45) is 11.7 Å². The molecule has 2 amide bonds. The molecule has 0 fully saturated rings. The topological polar surface area (TPSA) is 119 Å². The summed E-state index contributed by atoms with van der Waals surface area (Å²) < 4.78 is 31.9. The van der Waals surface area contributed by atoms with E-state index >= 15 is 0 Å². The number of hydrogen-bond acceptors (Lipinski definition) is 6. The third kappa shape index (κ3) is 11.9. The third-order valence-corrected chi connectivity index (χ3v) is 8.14. The van der Waals surface area contributed by atoms with E-state index in [2.05, 4.69) is 19.2 Å². The lowest BCUT2D eigenvalue weighted by atomic mass is 10.1. The van der Waals surface area contributed by atoms with Crippen LogP contribution in [-0.4, -0.2) is 62.0 Å². The summed E-state index contributed by atoms with van der Waals surface area (Å²) in [6.07, 6.45) is 3.06. The molecule has 1 aromatic carbocycles. The molecule has 0 unspecified atom stereocenters. The summed E-state index contributed by atoms with van der Waals surface area (Å²) in [5.74, 6) is -0.490. The van der Waals surface area contributed by atoms with Gasteiger partial charge in [0.15, 0.2) is 9.84 Å². The summed E-state index contributed by atoms with van der Waals surface area (Å²) in [7, 11) is -3.63. The largest absolute Gasteiger partial charge is 0.445 e. The zero-order valence-electron chi connectivity index (χ0n) is 21.9. The fraction of sp³-hybridized carbons (Fsp3) is 0.692. The van der Waals surface area contributed by atoms with Crippen LogP contribution in [0.2, 0.25) is 0 Å². The highest BCUT2D eigenvalue weighted by atomic mass is 32.2. The van der Waals surface area contributed by atoms with Crippen molar-refractivity contribution in [3.8, 4) is 0 Å². The quantitative estimate of drug-likeness (QED) is 0.328. The Balaban J connectivity index is 3.10. The van der Waals surface area contributed by atoms with Crippen LogP contribution in [0.4, 0.5) is 4.79 Å². The maximum absolute atomic E-state index is 13.5. The number of sulfone groups is 1. The first-order valence-corrected chi connectivity index (χ1v) is 14.5. The molecule has 0 saturated heterocycles. The zero-order chi connectivity index (χ0) is 26.3. The Morgan fingerprint density at radius 1 is 1.03 bits per heavy atom. The van der Waals surface area contributed by atoms with Crippen LogP contribution in [0.15, 0.2) is 30.3 Å². The van der Waals surface area contributed by atoms with E-state index in [-0.39, 0.29) is 6.61 Å². The number of nitrogens with zero attached hydrogens (tertiary/aromatic N) is 1. The minimum Gasteiger partial charge on any atom is -0.445 e. The van der Waals surface area contributed by atoms with Gasteiger partial charge in [0.1, 0.15) is 12.6 Å². The molecule has 35 heavy (non-hydrogen) atoms. The summed E-state index contributed by atoms with van der Waals surface area (Å²) in [6.45, 7) is 9.34. The van der Waals surface area contributed by atoms with Gasteiger partial charge in [0, 0.05) is 13.1 Å². The van der Waals surface area contributed by atoms with Crippen molar-refractivity contribution in [3.63, 3.8) is 0 Å². The van der Waals surface area contributed by atoms with Gasteiger partial charge in [-0.2, -0.15) is 0 Å². The highest BCUT2D eigenvalue weighted by Crippen LogP contribution is 2.18. The highest BCUT2D eigenvalue weighted by Gasteiger charge is 2.34. The number of carbonyl (C=O) groups excluding carboxylic acids is 2. The molecule has 0 aliphatic rings. The van der Waals surface area contributed by atoms with Crippen molar-refractivity contribution < 1.29 is 22.7 Å².